The highest BCUT2D eigenvalue weighted by Gasteiger charge is 2.33. The van der Waals surface area contributed by atoms with Crippen LogP contribution in [0.3, 0.4) is 0 Å². The van der Waals surface area contributed by atoms with Crippen LogP contribution in [-0.2, 0) is 0 Å². The van der Waals surface area contributed by atoms with Gasteiger partial charge in [0.15, 0.2) is 0 Å². The summed E-state index contributed by atoms with van der Waals surface area (Å²) in [5.74, 6) is 0.129. The van der Waals surface area contributed by atoms with Crippen molar-refractivity contribution >= 4 is 56.9 Å². The van der Waals surface area contributed by atoms with Gasteiger partial charge in [-0.3, -0.25) is 4.79 Å². The monoisotopic (exact) mass is 573 g/mol. The lowest BCUT2D eigenvalue weighted by atomic mass is 9.91. The number of para-hydroxylation sites is 1. The van der Waals surface area contributed by atoms with Gasteiger partial charge in [-0.2, -0.15) is 4.98 Å². The van der Waals surface area contributed by atoms with Crippen LogP contribution >= 0.6 is 28.3 Å². The Bertz CT molecular complexity index is 1190. The molecule has 1 saturated carbocycles. The fourth-order valence-corrected chi connectivity index (χ4v) is 4.41. The van der Waals surface area contributed by atoms with E-state index in [4.69, 9.17) is 0 Å². The molecule has 3 N–H and O–H groups in total. The first-order chi connectivity index (χ1) is 16.2. The minimum atomic E-state index is -4.88. The van der Waals surface area contributed by atoms with E-state index in [-0.39, 0.29) is 30.1 Å². The molecule has 4 rings (SSSR count). The van der Waals surface area contributed by atoms with Crippen LogP contribution in [0.1, 0.15) is 36.0 Å². The molecule has 0 radical (unpaired) electrons. The van der Waals surface area contributed by atoms with Gasteiger partial charge in [0, 0.05) is 29.0 Å². The first-order valence-electron chi connectivity index (χ1n) is 10.8. The van der Waals surface area contributed by atoms with Crippen molar-refractivity contribution in [3.63, 3.8) is 0 Å². The Hall–Kier alpha value is -2.79. The largest absolute Gasteiger partial charge is 0.573 e. The molecule has 12 heteroatoms. The van der Waals surface area contributed by atoms with Gasteiger partial charge in [-0.25, -0.2) is 4.98 Å². The minimum absolute atomic E-state index is 0. The number of carbonyl (C=O) groups excluding carboxylic acids is 1. The summed E-state index contributed by atoms with van der Waals surface area (Å²) in [5.41, 5.74) is 0.660. The zero-order chi connectivity index (χ0) is 24.3. The molecular formula is C23H24BrClF3N5O2. The van der Waals surface area contributed by atoms with Crippen LogP contribution < -0.4 is 20.7 Å². The minimum Gasteiger partial charge on any atom is -0.405 e. The molecule has 0 saturated heterocycles. The van der Waals surface area contributed by atoms with Crippen molar-refractivity contribution in [2.45, 2.75) is 44.1 Å². The second-order valence-electron chi connectivity index (χ2n) is 8.02. The van der Waals surface area contributed by atoms with Gasteiger partial charge in [0.2, 0.25) is 5.95 Å². The Morgan fingerprint density at radius 1 is 1.06 bits per heavy atom. The van der Waals surface area contributed by atoms with E-state index in [0.29, 0.717) is 23.3 Å². The fraction of sp³-hybridized carbons (Fsp3) is 0.348. The maximum absolute atomic E-state index is 12.7. The number of benzene rings is 2. The van der Waals surface area contributed by atoms with Crippen LogP contribution in [0.25, 0.3) is 10.9 Å². The number of nitrogens with zero attached hydrogens (tertiary/aromatic N) is 2. The van der Waals surface area contributed by atoms with Crippen molar-refractivity contribution in [1.82, 2.24) is 15.3 Å². The average Bonchev–Trinajstić information content (AvgIpc) is 2.80. The van der Waals surface area contributed by atoms with E-state index in [0.717, 1.165) is 35.6 Å². The number of anilines is 2. The number of nitrogens with one attached hydrogen (secondary N) is 3. The molecule has 0 spiro atoms. The molecule has 0 bridgehead atoms. The van der Waals surface area contributed by atoms with Crippen molar-refractivity contribution in [2.24, 2.45) is 0 Å². The SMILES string of the molecule is CNc1nc(NC2CCC(NC(=O)c3cc(Br)ccc3OC(F)(F)F)CC2)nc2ccccc12.Cl. The normalized spacial score (nSPS) is 17.9. The Morgan fingerprint density at radius 3 is 2.43 bits per heavy atom. The number of amides is 1. The van der Waals surface area contributed by atoms with E-state index < -0.39 is 18.0 Å². The third-order valence-electron chi connectivity index (χ3n) is 5.65. The third-order valence-corrected chi connectivity index (χ3v) is 6.14. The van der Waals surface area contributed by atoms with E-state index in [1.54, 1.807) is 0 Å². The molecule has 1 aliphatic carbocycles. The second kappa shape index (κ2) is 11.3. The van der Waals surface area contributed by atoms with Gasteiger partial charge in [-0.05, 0) is 56.0 Å². The smallest absolute Gasteiger partial charge is 0.405 e. The zero-order valence-corrected chi connectivity index (χ0v) is 21.1. The summed E-state index contributed by atoms with van der Waals surface area (Å²) >= 11 is 3.19. The van der Waals surface area contributed by atoms with Crippen molar-refractivity contribution in [2.75, 3.05) is 17.7 Å². The number of rotatable bonds is 6. The van der Waals surface area contributed by atoms with Crippen molar-refractivity contribution in [1.29, 1.82) is 0 Å². The van der Waals surface area contributed by atoms with Gasteiger partial charge in [0.1, 0.15) is 11.6 Å². The Balaban J connectivity index is 0.00000342. The molecule has 7 nitrogen and oxygen atoms in total. The maximum Gasteiger partial charge on any atom is 0.573 e. The van der Waals surface area contributed by atoms with Crippen LogP contribution in [-0.4, -0.2) is 41.4 Å². The van der Waals surface area contributed by atoms with Crippen LogP contribution in [0.2, 0.25) is 0 Å². The van der Waals surface area contributed by atoms with E-state index >= 15 is 0 Å². The lowest BCUT2D eigenvalue weighted by molar-refractivity contribution is -0.274. The highest BCUT2D eigenvalue weighted by molar-refractivity contribution is 9.10. The molecule has 188 valence electrons. The quantitative estimate of drug-likeness (QED) is 0.339. The summed E-state index contributed by atoms with van der Waals surface area (Å²) < 4.78 is 42.6. The third kappa shape index (κ3) is 6.88. The molecule has 1 amide bonds. The zero-order valence-electron chi connectivity index (χ0n) is 18.7. The Labute approximate surface area is 214 Å². The van der Waals surface area contributed by atoms with E-state index in [1.807, 2.05) is 31.3 Å². The molecule has 0 aliphatic heterocycles. The van der Waals surface area contributed by atoms with Gasteiger partial charge < -0.3 is 20.7 Å². The lowest BCUT2D eigenvalue weighted by Gasteiger charge is -2.30. The van der Waals surface area contributed by atoms with Gasteiger partial charge in [-0.15, -0.1) is 25.6 Å². The summed E-state index contributed by atoms with van der Waals surface area (Å²) in [6.45, 7) is 0. The summed E-state index contributed by atoms with van der Waals surface area (Å²) in [4.78, 5) is 21.9. The van der Waals surface area contributed by atoms with Gasteiger partial charge >= 0.3 is 6.36 Å². The average molecular weight is 575 g/mol. The molecule has 35 heavy (non-hydrogen) atoms. The van der Waals surface area contributed by atoms with Crippen molar-refractivity contribution in [3.05, 3.63) is 52.5 Å². The Morgan fingerprint density at radius 2 is 1.74 bits per heavy atom. The van der Waals surface area contributed by atoms with Gasteiger partial charge in [-0.1, -0.05) is 28.1 Å². The Kier molecular flexibility index (Phi) is 8.65. The molecule has 1 aliphatic rings. The number of alkyl halides is 3. The molecule has 1 heterocycles. The maximum atomic E-state index is 12.7. The number of aromatic nitrogens is 2. The summed E-state index contributed by atoms with van der Waals surface area (Å²) in [7, 11) is 1.81. The molecule has 3 aromatic rings. The van der Waals surface area contributed by atoms with Gasteiger partial charge in [0.05, 0.1) is 11.1 Å². The van der Waals surface area contributed by atoms with Crippen molar-refractivity contribution in [3.8, 4) is 5.75 Å². The molecule has 1 aromatic heterocycles. The number of hydrogen-bond donors (Lipinski definition) is 3. The predicted molar refractivity (Wildman–Crippen MR) is 134 cm³/mol. The van der Waals surface area contributed by atoms with Crippen LogP contribution in [0, 0.1) is 0 Å². The highest BCUT2D eigenvalue weighted by Crippen LogP contribution is 2.30. The van der Waals surface area contributed by atoms with E-state index in [1.165, 1.54) is 12.1 Å². The number of ether oxygens (including phenoxy) is 1. The summed E-state index contributed by atoms with van der Waals surface area (Å²) in [6.07, 6.45) is -2.05. The number of carbonyl (C=O) groups is 1. The molecule has 0 atom stereocenters. The predicted octanol–water partition coefficient (Wildman–Crippen LogP) is 5.91. The topological polar surface area (TPSA) is 88.2 Å². The molecular weight excluding hydrogens is 551 g/mol. The molecule has 2 aromatic carbocycles. The standard InChI is InChI=1S/C23H23BrF3N5O2.ClH/c1-28-20-16-4-2-3-5-18(16)31-22(32-20)30-15-9-7-14(8-10-15)29-21(33)17-12-13(24)6-11-19(17)34-23(25,26)27;/h2-6,11-12,14-15H,7-10H2,1H3,(H,29,33)(H2,28,30,31,32);1H. The lowest BCUT2D eigenvalue weighted by Crippen LogP contribution is -2.40. The molecule has 1 fully saturated rings. The van der Waals surface area contributed by atoms with Gasteiger partial charge in [0.25, 0.3) is 5.91 Å². The first-order valence-corrected chi connectivity index (χ1v) is 11.6. The highest BCUT2D eigenvalue weighted by atomic mass is 79.9. The summed E-state index contributed by atoms with van der Waals surface area (Å²) in [6, 6.07) is 11.5. The fourth-order valence-electron chi connectivity index (χ4n) is 4.05. The summed E-state index contributed by atoms with van der Waals surface area (Å²) in [5, 5.41) is 10.2. The van der Waals surface area contributed by atoms with Crippen molar-refractivity contribution < 1.29 is 22.7 Å². The van der Waals surface area contributed by atoms with E-state index in [2.05, 4.69) is 46.6 Å². The van der Waals surface area contributed by atoms with Crippen LogP contribution in [0.5, 0.6) is 5.75 Å². The molecule has 0 unspecified atom stereocenters. The number of hydrogen-bond acceptors (Lipinski definition) is 6. The number of halogens is 5. The second-order valence-corrected chi connectivity index (χ2v) is 8.93. The first kappa shape index (κ1) is 26.8. The van der Waals surface area contributed by atoms with Crippen LogP contribution in [0.15, 0.2) is 46.9 Å². The van der Waals surface area contributed by atoms with E-state index in [9.17, 15) is 18.0 Å². The van der Waals surface area contributed by atoms with Crippen LogP contribution in [0.4, 0.5) is 24.9 Å². The number of fused-ring (bicyclic) bond motifs is 1.